The molecule has 0 aliphatic carbocycles. The average Bonchev–Trinajstić information content (AvgIpc) is 2.90. The fraction of sp³-hybridized carbons (Fsp3) is 0.138. The predicted molar refractivity (Wildman–Crippen MR) is 146 cm³/mol. The maximum atomic E-state index is 13.8. The van der Waals surface area contributed by atoms with Gasteiger partial charge in [-0.05, 0) is 72.1 Å². The van der Waals surface area contributed by atoms with Crippen LogP contribution in [0.25, 0.3) is 0 Å². The Morgan fingerprint density at radius 2 is 1.72 bits per heavy atom. The summed E-state index contributed by atoms with van der Waals surface area (Å²) in [6.45, 7) is 1.24. The highest BCUT2D eigenvalue weighted by molar-refractivity contribution is 8.13. The van der Waals surface area contributed by atoms with Gasteiger partial charge in [-0.15, -0.1) is 0 Å². The van der Waals surface area contributed by atoms with Gasteiger partial charge in [0, 0.05) is 18.0 Å². The van der Waals surface area contributed by atoms with E-state index in [4.69, 9.17) is 21.3 Å². The Balaban J connectivity index is 1.70. The number of hydrogen-bond donors (Lipinski definition) is 1. The second-order valence-corrected chi connectivity index (χ2v) is 9.55. The minimum Gasteiger partial charge on any atom is -0.508 e. The number of amidine groups is 1. The quantitative estimate of drug-likeness (QED) is 0.147. The molecule has 0 aliphatic heterocycles. The SMILES string of the molecule is COc1cccc(CCN(Cc2ccc(O)cc2)C(=Nc2ccc(F)c(Cl)c2)Sc2ccccc2)c1. The zero-order chi connectivity index (χ0) is 25.3. The van der Waals surface area contributed by atoms with Gasteiger partial charge < -0.3 is 14.7 Å². The Kier molecular flexibility index (Phi) is 8.87. The van der Waals surface area contributed by atoms with E-state index >= 15 is 0 Å². The van der Waals surface area contributed by atoms with Crippen molar-refractivity contribution in [2.75, 3.05) is 13.7 Å². The van der Waals surface area contributed by atoms with Gasteiger partial charge >= 0.3 is 0 Å². The number of phenols is 1. The largest absolute Gasteiger partial charge is 0.508 e. The summed E-state index contributed by atoms with van der Waals surface area (Å²) in [6, 6.07) is 29.6. The molecule has 0 radical (unpaired) electrons. The van der Waals surface area contributed by atoms with Crippen LogP contribution in [0.15, 0.2) is 107 Å². The minimum absolute atomic E-state index is 0.0294. The van der Waals surface area contributed by atoms with E-state index in [1.54, 1.807) is 25.3 Å². The fourth-order valence-electron chi connectivity index (χ4n) is 3.57. The molecule has 0 saturated carbocycles. The number of aromatic hydroxyl groups is 1. The second-order valence-electron chi connectivity index (χ2n) is 8.10. The van der Waals surface area contributed by atoms with Crippen LogP contribution >= 0.6 is 23.4 Å². The first-order chi connectivity index (χ1) is 17.5. The molecule has 0 atom stereocenters. The number of thioether (sulfide) groups is 1. The summed E-state index contributed by atoms with van der Waals surface area (Å²) in [4.78, 5) is 8.11. The monoisotopic (exact) mass is 520 g/mol. The van der Waals surface area contributed by atoms with Crippen LogP contribution in [0.4, 0.5) is 10.1 Å². The lowest BCUT2D eigenvalue weighted by atomic mass is 10.1. The van der Waals surface area contributed by atoms with Crippen LogP contribution < -0.4 is 4.74 Å². The molecule has 0 heterocycles. The molecule has 0 aromatic heterocycles. The Hall–Kier alpha value is -3.48. The third-order valence-corrected chi connectivity index (χ3v) is 6.79. The number of hydrogen-bond acceptors (Lipinski definition) is 4. The number of halogens is 2. The van der Waals surface area contributed by atoms with E-state index in [9.17, 15) is 9.50 Å². The van der Waals surface area contributed by atoms with Crippen molar-refractivity contribution in [3.8, 4) is 11.5 Å². The highest BCUT2D eigenvalue weighted by Gasteiger charge is 2.16. The third-order valence-electron chi connectivity index (χ3n) is 5.47. The molecule has 0 spiro atoms. The minimum atomic E-state index is -0.480. The first-order valence-corrected chi connectivity index (χ1v) is 12.6. The second kappa shape index (κ2) is 12.5. The number of phenolic OH excluding ortho intramolecular Hbond substituents is 1. The van der Waals surface area contributed by atoms with Crippen molar-refractivity contribution in [1.29, 1.82) is 0 Å². The summed E-state index contributed by atoms with van der Waals surface area (Å²) >= 11 is 7.58. The van der Waals surface area contributed by atoms with Crippen LogP contribution in [-0.2, 0) is 13.0 Å². The zero-order valence-corrected chi connectivity index (χ0v) is 21.3. The molecule has 4 nitrogen and oxygen atoms in total. The summed E-state index contributed by atoms with van der Waals surface area (Å²) in [7, 11) is 1.66. The van der Waals surface area contributed by atoms with E-state index in [0.717, 1.165) is 33.4 Å². The van der Waals surface area contributed by atoms with Crippen molar-refractivity contribution >= 4 is 34.2 Å². The van der Waals surface area contributed by atoms with Gasteiger partial charge in [-0.3, -0.25) is 0 Å². The molecule has 4 rings (SSSR count). The molecule has 0 amide bonds. The van der Waals surface area contributed by atoms with Crippen molar-refractivity contribution in [3.63, 3.8) is 0 Å². The Bertz CT molecular complexity index is 1320. The van der Waals surface area contributed by atoms with E-state index in [-0.39, 0.29) is 10.8 Å². The zero-order valence-electron chi connectivity index (χ0n) is 19.8. The van der Waals surface area contributed by atoms with Gasteiger partial charge in [0.1, 0.15) is 17.3 Å². The summed E-state index contributed by atoms with van der Waals surface area (Å²) < 4.78 is 19.2. The molecule has 36 heavy (non-hydrogen) atoms. The first-order valence-electron chi connectivity index (χ1n) is 11.4. The molecule has 0 bridgehead atoms. The van der Waals surface area contributed by atoms with E-state index in [1.807, 2.05) is 60.7 Å². The first kappa shape index (κ1) is 25.6. The number of ether oxygens (including phenoxy) is 1. The molecule has 184 valence electrons. The van der Waals surface area contributed by atoms with E-state index in [0.29, 0.717) is 18.8 Å². The summed E-state index contributed by atoms with van der Waals surface area (Å²) in [6.07, 6.45) is 0.758. The summed E-state index contributed by atoms with van der Waals surface area (Å²) in [5.41, 5.74) is 2.73. The lowest BCUT2D eigenvalue weighted by molar-refractivity contribution is 0.411. The molecule has 0 saturated heterocycles. The maximum absolute atomic E-state index is 13.8. The summed E-state index contributed by atoms with van der Waals surface area (Å²) in [5.74, 6) is 0.549. The standard InChI is InChI=1S/C29H26ClFN2O2S/c1-35-25-7-5-6-21(18-25)16-17-33(20-22-10-13-24(34)14-11-22)29(36-26-8-3-2-4-9-26)32-23-12-15-28(31)27(30)19-23/h2-15,18-19,34H,16-17,20H2,1H3. The van der Waals surface area contributed by atoms with E-state index < -0.39 is 5.82 Å². The molecule has 7 heteroatoms. The van der Waals surface area contributed by atoms with E-state index in [1.165, 1.54) is 23.9 Å². The topological polar surface area (TPSA) is 45.1 Å². The molecular formula is C29H26ClFN2O2S. The smallest absolute Gasteiger partial charge is 0.169 e. The molecule has 1 N–H and O–H groups in total. The molecule has 0 aliphatic rings. The van der Waals surface area contributed by atoms with Crippen LogP contribution in [0.2, 0.25) is 5.02 Å². The van der Waals surface area contributed by atoms with Gasteiger partial charge in [0.25, 0.3) is 0 Å². The molecular weight excluding hydrogens is 495 g/mol. The van der Waals surface area contributed by atoms with Gasteiger partial charge in [-0.25, -0.2) is 9.38 Å². The fourth-order valence-corrected chi connectivity index (χ4v) is 4.69. The Morgan fingerprint density at radius 1 is 0.944 bits per heavy atom. The van der Waals surface area contributed by atoms with Crippen LogP contribution in [0, 0.1) is 5.82 Å². The number of benzene rings is 4. The highest BCUT2D eigenvalue weighted by atomic mass is 35.5. The van der Waals surface area contributed by atoms with Crippen molar-refractivity contribution in [1.82, 2.24) is 4.90 Å². The maximum Gasteiger partial charge on any atom is 0.169 e. The Labute approximate surface area is 220 Å². The lowest BCUT2D eigenvalue weighted by Gasteiger charge is -2.26. The van der Waals surface area contributed by atoms with Gasteiger partial charge in [-0.1, -0.05) is 65.8 Å². The van der Waals surface area contributed by atoms with Gasteiger partial charge in [0.2, 0.25) is 0 Å². The molecule has 0 fully saturated rings. The van der Waals surface area contributed by atoms with Crippen molar-refractivity contribution < 1.29 is 14.2 Å². The molecule has 4 aromatic rings. The highest BCUT2D eigenvalue weighted by Crippen LogP contribution is 2.28. The normalized spacial score (nSPS) is 11.4. The lowest BCUT2D eigenvalue weighted by Crippen LogP contribution is -2.30. The summed E-state index contributed by atoms with van der Waals surface area (Å²) in [5, 5.41) is 10.5. The van der Waals surface area contributed by atoms with Gasteiger partial charge in [-0.2, -0.15) is 0 Å². The van der Waals surface area contributed by atoms with Crippen LogP contribution in [0.3, 0.4) is 0 Å². The van der Waals surface area contributed by atoms with Crippen LogP contribution in [-0.4, -0.2) is 28.8 Å². The number of nitrogens with zero attached hydrogens (tertiary/aromatic N) is 2. The number of rotatable bonds is 8. The number of aliphatic imine (C=N–C) groups is 1. The average molecular weight is 521 g/mol. The van der Waals surface area contributed by atoms with Crippen LogP contribution in [0.1, 0.15) is 11.1 Å². The van der Waals surface area contributed by atoms with Crippen molar-refractivity contribution in [3.05, 3.63) is 119 Å². The Morgan fingerprint density at radius 3 is 2.44 bits per heavy atom. The van der Waals surface area contributed by atoms with Gasteiger partial charge in [0.05, 0.1) is 17.8 Å². The third kappa shape index (κ3) is 7.26. The van der Waals surface area contributed by atoms with Crippen LogP contribution in [0.5, 0.6) is 11.5 Å². The number of methoxy groups -OCH3 is 1. The predicted octanol–water partition coefficient (Wildman–Crippen LogP) is 7.72. The van der Waals surface area contributed by atoms with E-state index in [2.05, 4.69) is 11.0 Å². The van der Waals surface area contributed by atoms with Gasteiger partial charge in [0.15, 0.2) is 5.17 Å². The molecule has 4 aromatic carbocycles. The van der Waals surface area contributed by atoms with Crippen molar-refractivity contribution in [2.24, 2.45) is 4.99 Å². The van der Waals surface area contributed by atoms with Crippen molar-refractivity contribution in [2.45, 2.75) is 17.9 Å². The molecule has 0 unspecified atom stereocenters.